The molecule has 126 valence electrons. The lowest BCUT2D eigenvalue weighted by molar-refractivity contribution is -0.124. The summed E-state index contributed by atoms with van der Waals surface area (Å²) in [5.41, 5.74) is 8.06. The Morgan fingerprint density at radius 3 is 2.21 bits per heavy atom. The number of ketones is 1. The zero-order chi connectivity index (χ0) is 17.3. The molecular formula is C23H28O. The summed E-state index contributed by atoms with van der Waals surface area (Å²) in [6.45, 7) is 8.63. The lowest BCUT2D eigenvalue weighted by atomic mass is 9.74. The molecule has 2 aromatic rings. The van der Waals surface area contributed by atoms with Crippen LogP contribution in [0.1, 0.15) is 58.6 Å². The fourth-order valence-corrected chi connectivity index (χ4v) is 3.85. The van der Waals surface area contributed by atoms with Crippen LogP contribution in [0.25, 0.3) is 0 Å². The predicted octanol–water partition coefficient (Wildman–Crippen LogP) is 5.62. The van der Waals surface area contributed by atoms with Gasteiger partial charge in [0.15, 0.2) is 0 Å². The molecule has 24 heavy (non-hydrogen) atoms. The molecule has 0 amide bonds. The van der Waals surface area contributed by atoms with E-state index in [1.165, 1.54) is 33.4 Å². The van der Waals surface area contributed by atoms with Crippen LogP contribution in [0.5, 0.6) is 0 Å². The molecule has 2 aromatic carbocycles. The van der Waals surface area contributed by atoms with E-state index in [-0.39, 0.29) is 5.92 Å². The van der Waals surface area contributed by atoms with Crippen LogP contribution in [0.15, 0.2) is 36.4 Å². The first-order valence-electron chi connectivity index (χ1n) is 9.10. The second-order valence-electron chi connectivity index (χ2n) is 7.60. The van der Waals surface area contributed by atoms with Crippen LogP contribution in [0.2, 0.25) is 0 Å². The van der Waals surface area contributed by atoms with Crippen molar-refractivity contribution in [3.63, 3.8) is 0 Å². The van der Waals surface area contributed by atoms with E-state index in [0.29, 0.717) is 11.7 Å². The number of benzene rings is 2. The highest BCUT2D eigenvalue weighted by atomic mass is 16.1. The molecule has 0 aromatic heterocycles. The maximum Gasteiger partial charge on any atom is 0.136 e. The van der Waals surface area contributed by atoms with E-state index >= 15 is 0 Å². The van der Waals surface area contributed by atoms with Gasteiger partial charge in [-0.25, -0.2) is 0 Å². The summed E-state index contributed by atoms with van der Waals surface area (Å²) in [5, 5.41) is 0. The van der Waals surface area contributed by atoms with E-state index < -0.39 is 0 Å². The van der Waals surface area contributed by atoms with E-state index in [1.807, 2.05) is 0 Å². The van der Waals surface area contributed by atoms with Gasteiger partial charge in [0.2, 0.25) is 0 Å². The molecule has 0 N–H and O–H groups in total. The minimum atomic E-state index is 0.174. The van der Waals surface area contributed by atoms with Crippen LogP contribution in [0, 0.1) is 33.6 Å². The second kappa shape index (κ2) is 6.93. The van der Waals surface area contributed by atoms with Crippen LogP contribution in [-0.2, 0) is 11.2 Å². The molecule has 1 aliphatic rings. The summed E-state index contributed by atoms with van der Waals surface area (Å²) in [6, 6.07) is 13.4. The zero-order valence-electron chi connectivity index (χ0n) is 15.4. The Morgan fingerprint density at radius 1 is 0.875 bits per heavy atom. The van der Waals surface area contributed by atoms with Crippen molar-refractivity contribution in [2.45, 2.75) is 59.3 Å². The average Bonchev–Trinajstić information content (AvgIpc) is 2.56. The van der Waals surface area contributed by atoms with Crippen LogP contribution in [0.3, 0.4) is 0 Å². The van der Waals surface area contributed by atoms with Crippen molar-refractivity contribution in [3.8, 4) is 0 Å². The Hall–Kier alpha value is -1.89. The monoisotopic (exact) mass is 320 g/mol. The minimum absolute atomic E-state index is 0.174. The minimum Gasteiger partial charge on any atom is -0.299 e. The highest BCUT2D eigenvalue weighted by molar-refractivity contribution is 5.82. The molecular weight excluding hydrogens is 292 g/mol. The summed E-state index contributed by atoms with van der Waals surface area (Å²) in [5.74, 6) is 1.15. The van der Waals surface area contributed by atoms with Gasteiger partial charge < -0.3 is 0 Å². The Balaban J connectivity index is 1.76. The zero-order valence-corrected chi connectivity index (χ0v) is 15.4. The maximum absolute atomic E-state index is 12.4. The third-order valence-corrected chi connectivity index (χ3v) is 5.82. The molecule has 3 rings (SSSR count). The van der Waals surface area contributed by atoms with Crippen molar-refractivity contribution in [2.75, 3.05) is 0 Å². The number of hydrogen-bond acceptors (Lipinski definition) is 1. The van der Waals surface area contributed by atoms with Crippen LogP contribution >= 0.6 is 0 Å². The van der Waals surface area contributed by atoms with Gasteiger partial charge in [-0.15, -0.1) is 0 Å². The van der Waals surface area contributed by atoms with Crippen LogP contribution in [-0.4, -0.2) is 5.78 Å². The maximum atomic E-state index is 12.4. The fourth-order valence-electron chi connectivity index (χ4n) is 3.85. The van der Waals surface area contributed by atoms with Crippen molar-refractivity contribution in [3.05, 3.63) is 69.8 Å². The summed E-state index contributed by atoms with van der Waals surface area (Å²) < 4.78 is 0. The fraction of sp³-hybridized carbons (Fsp3) is 0.435. The van der Waals surface area contributed by atoms with Gasteiger partial charge in [-0.3, -0.25) is 4.79 Å². The molecule has 0 heterocycles. The molecule has 1 nitrogen and oxygen atoms in total. The van der Waals surface area contributed by atoms with E-state index in [2.05, 4.69) is 64.1 Å². The van der Waals surface area contributed by atoms with Gasteiger partial charge in [-0.2, -0.15) is 0 Å². The Morgan fingerprint density at radius 2 is 1.54 bits per heavy atom. The van der Waals surface area contributed by atoms with E-state index in [1.54, 1.807) is 0 Å². The highest BCUT2D eigenvalue weighted by Crippen LogP contribution is 2.36. The van der Waals surface area contributed by atoms with Gasteiger partial charge in [0.25, 0.3) is 0 Å². The molecule has 0 radical (unpaired) electrons. The Labute approximate surface area is 146 Å². The molecule has 0 spiro atoms. The van der Waals surface area contributed by atoms with Crippen molar-refractivity contribution < 1.29 is 4.79 Å². The molecule has 1 aliphatic carbocycles. The summed E-state index contributed by atoms with van der Waals surface area (Å²) in [6.07, 6.45) is 3.62. The van der Waals surface area contributed by atoms with Crippen LogP contribution in [0.4, 0.5) is 0 Å². The van der Waals surface area contributed by atoms with Gasteiger partial charge in [0, 0.05) is 12.3 Å². The molecule has 1 heteroatoms. The van der Waals surface area contributed by atoms with E-state index in [9.17, 15) is 4.79 Å². The summed E-state index contributed by atoms with van der Waals surface area (Å²) >= 11 is 0. The molecule has 1 fully saturated rings. The van der Waals surface area contributed by atoms with E-state index in [0.717, 1.165) is 25.7 Å². The third kappa shape index (κ3) is 3.61. The standard InChI is InChI=1S/C23H28O/c1-15-5-7-19(11-17(15)3)13-22-14-21(9-10-23(22)24)20-8-6-16(2)18(4)12-20/h5-8,11-12,21-22H,9-10,13-14H2,1-4H3/t21-,22-/m0/s1. The first-order chi connectivity index (χ1) is 11.4. The number of aryl methyl sites for hydroxylation is 4. The number of Topliss-reactive ketones (excluding diaryl/α,β-unsaturated/α-hetero) is 1. The highest BCUT2D eigenvalue weighted by Gasteiger charge is 2.29. The van der Waals surface area contributed by atoms with Gasteiger partial charge >= 0.3 is 0 Å². The smallest absolute Gasteiger partial charge is 0.136 e. The lowest BCUT2D eigenvalue weighted by Gasteiger charge is -2.29. The quantitative estimate of drug-likeness (QED) is 0.718. The largest absolute Gasteiger partial charge is 0.299 e. The molecule has 0 saturated heterocycles. The molecule has 2 atom stereocenters. The first-order valence-corrected chi connectivity index (χ1v) is 9.10. The van der Waals surface area contributed by atoms with Crippen LogP contribution < -0.4 is 0 Å². The summed E-state index contributed by atoms with van der Waals surface area (Å²) in [7, 11) is 0. The van der Waals surface area contributed by atoms with Crippen molar-refractivity contribution >= 4 is 5.78 Å². The SMILES string of the molecule is Cc1ccc(C[C@H]2C[C@@H](c3ccc(C)c(C)c3)CCC2=O)cc1C. The lowest BCUT2D eigenvalue weighted by Crippen LogP contribution is -2.25. The predicted molar refractivity (Wildman–Crippen MR) is 101 cm³/mol. The number of rotatable bonds is 3. The first kappa shape index (κ1) is 17.0. The molecule has 1 saturated carbocycles. The topological polar surface area (TPSA) is 17.1 Å². The van der Waals surface area contributed by atoms with Crippen molar-refractivity contribution in [1.82, 2.24) is 0 Å². The molecule has 0 bridgehead atoms. The van der Waals surface area contributed by atoms with Gasteiger partial charge in [0.1, 0.15) is 5.78 Å². The number of hydrogen-bond donors (Lipinski definition) is 0. The average molecular weight is 320 g/mol. The van der Waals surface area contributed by atoms with Crippen molar-refractivity contribution in [2.24, 2.45) is 5.92 Å². The van der Waals surface area contributed by atoms with E-state index in [4.69, 9.17) is 0 Å². The van der Waals surface area contributed by atoms with Gasteiger partial charge in [0.05, 0.1) is 0 Å². The second-order valence-corrected chi connectivity index (χ2v) is 7.60. The number of carbonyl (C=O) groups is 1. The molecule has 0 aliphatic heterocycles. The number of carbonyl (C=O) groups excluding carboxylic acids is 1. The Kier molecular flexibility index (Phi) is 4.89. The molecule has 0 unspecified atom stereocenters. The van der Waals surface area contributed by atoms with Gasteiger partial charge in [-0.05, 0) is 86.3 Å². The third-order valence-electron chi connectivity index (χ3n) is 5.82. The summed E-state index contributed by atoms with van der Waals surface area (Å²) in [4.78, 5) is 12.4. The van der Waals surface area contributed by atoms with Crippen molar-refractivity contribution in [1.29, 1.82) is 0 Å². The van der Waals surface area contributed by atoms with Gasteiger partial charge in [-0.1, -0.05) is 36.4 Å². The Bertz CT molecular complexity index is 757. The normalized spacial score (nSPS) is 21.1.